The van der Waals surface area contributed by atoms with E-state index in [1.54, 1.807) is 0 Å². The quantitative estimate of drug-likeness (QED) is 0.645. The van der Waals surface area contributed by atoms with E-state index in [-0.39, 0.29) is 5.91 Å². The van der Waals surface area contributed by atoms with Crippen molar-refractivity contribution in [2.45, 2.75) is 38.7 Å². The van der Waals surface area contributed by atoms with E-state index < -0.39 is 0 Å². The zero-order valence-electron chi connectivity index (χ0n) is 14.8. The highest BCUT2D eigenvalue weighted by Gasteiger charge is 2.13. The van der Waals surface area contributed by atoms with Crippen molar-refractivity contribution in [3.63, 3.8) is 0 Å². The molecule has 1 amide bonds. The Morgan fingerprint density at radius 3 is 2.75 bits per heavy atom. The maximum absolute atomic E-state index is 12.1. The van der Waals surface area contributed by atoms with Crippen molar-refractivity contribution in [2.24, 2.45) is 0 Å². The maximum Gasteiger partial charge on any atom is 0.251 e. The van der Waals surface area contributed by atoms with Crippen molar-refractivity contribution in [3.8, 4) is 0 Å². The predicted octanol–water partition coefficient (Wildman–Crippen LogP) is 2.33. The third kappa shape index (κ3) is 6.23. The summed E-state index contributed by atoms with van der Waals surface area (Å²) >= 11 is 0. The zero-order chi connectivity index (χ0) is 17.2. The van der Waals surface area contributed by atoms with Gasteiger partial charge in [0.1, 0.15) is 0 Å². The Balaban J connectivity index is 1.55. The van der Waals surface area contributed by atoms with Crippen molar-refractivity contribution in [3.05, 3.63) is 35.4 Å². The zero-order valence-corrected chi connectivity index (χ0v) is 14.8. The van der Waals surface area contributed by atoms with Gasteiger partial charge in [-0.3, -0.25) is 4.79 Å². The molecule has 0 saturated carbocycles. The van der Waals surface area contributed by atoms with Crippen LogP contribution in [0.15, 0.2) is 24.3 Å². The molecule has 24 heavy (non-hydrogen) atoms. The van der Waals surface area contributed by atoms with E-state index in [0.29, 0.717) is 44.0 Å². The van der Waals surface area contributed by atoms with Gasteiger partial charge in [-0.15, -0.1) is 0 Å². The number of hydrogen-bond donors (Lipinski definition) is 2. The van der Waals surface area contributed by atoms with Gasteiger partial charge in [-0.1, -0.05) is 26.0 Å². The van der Waals surface area contributed by atoms with E-state index in [0.717, 1.165) is 25.9 Å². The Morgan fingerprint density at radius 1 is 1.29 bits per heavy atom. The van der Waals surface area contributed by atoms with Gasteiger partial charge >= 0.3 is 0 Å². The highest BCUT2D eigenvalue weighted by molar-refractivity contribution is 5.94. The molecule has 1 aliphatic rings. The predicted molar refractivity (Wildman–Crippen MR) is 95.5 cm³/mol. The summed E-state index contributed by atoms with van der Waals surface area (Å²) in [5.41, 5.74) is 1.97. The summed E-state index contributed by atoms with van der Waals surface area (Å²) < 4.78 is 11.1. The molecule has 1 aliphatic heterocycles. The van der Waals surface area contributed by atoms with E-state index in [1.165, 1.54) is 5.56 Å². The van der Waals surface area contributed by atoms with Crippen LogP contribution < -0.4 is 10.6 Å². The second-order valence-electron chi connectivity index (χ2n) is 6.29. The lowest BCUT2D eigenvalue weighted by Gasteiger charge is -2.11. The van der Waals surface area contributed by atoms with Crippen LogP contribution in [0.4, 0.5) is 0 Å². The van der Waals surface area contributed by atoms with Crippen LogP contribution in [-0.4, -0.2) is 51.5 Å². The molecule has 2 N–H and O–H groups in total. The monoisotopic (exact) mass is 334 g/mol. The lowest BCUT2D eigenvalue weighted by Crippen LogP contribution is -2.28. The third-order valence-corrected chi connectivity index (χ3v) is 4.48. The number of carbonyl (C=O) groups excluding carboxylic acids is 1. The normalized spacial score (nSPS) is 18.5. The van der Waals surface area contributed by atoms with Crippen LogP contribution in [0.1, 0.15) is 48.5 Å². The Kier molecular flexibility index (Phi) is 8.22. The molecule has 1 aromatic rings. The fraction of sp³-hybridized carbons (Fsp3) is 0.632. The number of carbonyl (C=O) groups is 1. The molecule has 1 aromatic carbocycles. The van der Waals surface area contributed by atoms with Gasteiger partial charge in [-0.05, 0) is 43.0 Å². The lowest BCUT2D eigenvalue weighted by molar-refractivity contribution is 0.0139. The van der Waals surface area contributed by atoms with Crippen molar-refractivity contribution in [1.82, 2.24) is 10.6 Å². The van der Waals surface area contributed by atoms with Crippen molar-refractivity contribution < 1.29 is 14.3 Å². The topological polar surface area (TPSA) is 59.6 Å². The van der Waals surface area contributed by atoms with Crippen LogP contribution >= 0.6 is 0 Å². The van der Waals surface area contributed by atoms with Gasteiger partial charge in [0, 0.05) is 18.7 Å². The number of ether oxygens (including phenoxy) is 2. The molecule has 134 valence electrons. The van der Waals surface area contributed by atoms with Gasteiger partial charge in [0.05, 0.1) is 25.9 Å². The summed E-state index contributed by atoms with van der Waals surface area (Å²) in [6, 6.07) is 7.85. The first-order chi connectivity index (χ1) is 11.7. The molecule has 2 rings (SSSR count). The minimum atomic E-state index is -0.0532. The number of amides is 1. The molecule has 5 nitrogen and oxygen atoms in total. The first-order valence-electron chi connectivity index (χ1n) is 8.99. The highest BCUT2D eigenvalue weighted by Crippen LogP contribution is 2.18. The Bertz CT molecular complexity index is 484. The Labute approximate surface area is 145 Å². The minimum Gasteiger partial charge on any atom is -0.377 e. The number of rotatable bonds is 10. The van der Waals surface area contributed by atoms with Crippen LogP contribution in [-0.2, 0) is 9.47 Å². The highest BCUT2D eigenvalue weighted by atomic mass is 16.5. The molecular formula is C19H30N2O3. The molecule has 0 spiro atoms. The van der Waals surface area contributed by atoms with Gasteiger partial charge in [0.25, 0.3) is 5.91 Å². The molecule has 1 heterocycles. The standard InChI is InChI=1S/C19H30N2O3/c1-3-15(2)16-4-6-17(7-5-16)19(22)21-10-11-23-12-13-24-18-8-9-20-14-18/h4-7,15,18,20H,3,8-14H2,1-2H3,(H,21,22). The molecule has 0 radical (unpaired) electrons. The molecular weight excluding hydrogens is 304 g/mol. The average Bonchev–Trinajstić information content (AvgIpc) is 3.13. The number of hydrogen-bond acceptors (Lipinski definition) is 4. The summed E-state index contributed by atoms with van der Waals surface area (Å²) in [6.07, 6.45) is 2.50. The first-order valence-corrected chi connectivity index (χ1v) is 8.99. The second kappa shape index (κ2) is 10.4. The molecule has 0 aliphatic carbocycles. The average molecular weight is 334 g/mol. The smallest absolute Gasteiger partial charge is 0.251 e. The number of nitrogens with one attached hydrogen (secondary N) is 2. The van der Waals surface area contributed by atoms with Gasteiger partial charge in [0.2, 0.25) is 0 Å². The van der Waals surface area contributed by atoms with E-state index in [1.807, 2.05) is 24.3 Å². The summed E-state index contributed by atoms with van der Waals surface area (Å²) in [4.78, 5) is 12.1. The molecule has 5 heteroatoms. The second-order valence-corrected chi connectivity index (χ2v) is 6.29. The van der Waals surface area contributed by atoms with Crippen LogP contribution in [0.3, 0.4) is 0 Å². The van der Waals surface area contributed by atoms with Crippen LogP contribution in [0.5, 0.6) is 0 Å². The van der Waals surface area contributed by atoms with Gasteiger partial charge in [-0.2, -0.15) is 0 Å². The fourth-order valence-electron chi connectivity index (χ4n) is 2.68. The van der Waals surface area contributed by atoms with Crippen LogP contribution in [0, 0.1) is 0 Å². The summed E-state index contributed by atoms with van der Waals surface area (Å²) in [6.45, 7) is 8.52. The maximum atomic E-state index is 12.1. The van der Waals surface area contributed by atoms with E-state index in [2.05, 4.69) is 24.5 Å². The van der Waals surface area contributed by atoms with Crippen molar-refractivity contribution in [2.75, 3.05) is 39.5 Å². The SMILES string of the molecule is CCC(C)c1ccc(C(=O)NCCOCCOC2CCNC2)cc1. The summed E-state index contributed by atoms with van der Waals surface area (Å²) in [5, 5.41) is 6.14. The van der Waals surface area contributed by atoms with Gasteiger partial charge < -0.3 is 20.1 Å². The summed E-state index contributed by atoms with van der Waals surface area (Å²) in [5.74, 6) is 0.473. The van der Waals surface area contributed by atoms with Gasteiger partial charge in [-0.25, -0.2) is 0 Å². The molecule has 1 saturated heterocycles. The molecule has 0 bridgehead atoms. The van der Waals surface area contributed by atoms with Crippen molar-refractivity contribution in [1.29, 1.82) is 0 Å². The largest absolute Gasteiger partial charge is 0.377 e. The van der Waals surface area contributed by atoms with E-state index >= 15 is 0 Å². The lowest BCUT2D eigenvalue weighted by atomic mass is 9.97. The number of benzene rings is 1. The van der Waals surface area contributed by atoms with Crippen LogP contribution in [0.25, 0.3) is 0 Å². The molecule has 0 aromatic heterocycles. The Hall–Kier alpha value is -1.43. The first kappa shape index (κ1) is 18.9. The molecule has 2 unspecified atom stereocenters. The molecule has 1 fully saturated rings. The third-order valence-electron chi connectivity index (χ3n) is 4.48. The minimum absolute atomic E-state index is 0.0532. The van der Waals surface area contributed by atoms with E-state index in [9.17, 15) is 4.79 Å². The van der Waals surface area contributed by atoms with Crippen LogP contribution in [0.2, 0.25) is 0 Å². The van der Waals surface area contributed by atoms with Gasteiger partial charge in [0.15, 0.2) is 0 Å². The fourth-order valence-corrected chi connectivity index (χ4v) is 2.68. The Morgan fingerprint density at radius 2 is 2.08 bits per heavy atom. The van der Waals surface area contributed by atoms with E-state index in [4.69, 9.17) is 9.47 Å². The van der Waals surface area contributed by atoms with Crippen molar-refractivity contribution >= 4 is 5.91 Å². The summed E-state index contributed by atoms with van der Waals surface area (Å²) in [7, 11) is 0. The molecule has 2 atom stereocenters.